The Morgan fingerprint density at radius 3 is 2.27 bits per heavy atom. The molecular formula is C34H53N3O4. The lowest BCUT2D eigenvalue weighted by molar-refractivity contribution is -0.134. The van der Waals surface area contributed by atoms with Crippen LogP contribution < -0.4 is 0 Å². The summed E-state index contributed by atoms with van der Waals surface area (Å²) in [5.74, 6) is 0.924. The maximum atomic E-state index is 14.6. The Hall–Kier alpha value is -2.41. The number of carbonyl (C=O) groups is 2. The van der Waals surface area contributed by atoms with E-state index in [1.54, 1.807) is 0 Å². The van der Waals surface area contributed by atoms with E-state index in [1.165, 1.54) is 0 Å². The van der Waals surface area contributed by atoms with Gasteiger partial charge >= 0.3 is 5.97 Å². The predicted octanol–water partition coefficient (Wildman–Crippen LogP) is 7.01. The zero-order valence-electron chi connectivity index (χ0n) is 27.0. The number of esters is 1. The first kappa shape index (κ1) is 31.5. The van der Waals surface area contributed by atoms with Gasteiger partial charge in [0.15, 0.2) is 5.84 Å². The van der Waals surface area contributed by atoms with Crippen LogP contribution in [-0.4, -0.2) is 65.1 Å². The van der Waals surface area contributed by atoms with E-state index >= 15 is 0 Å². The minimum atomic E-state index is -0.552. The van der Waals surface area contributed by atoms with Gasteiger partial charge in [-0.2, -0.15) is 0 Å². The van der Waals surface area contributed by atoms with Crippen molar-refractivity contribution in [2.75, 3.05) is 19.8 Å². The average molecular weight is 568 g/mol. The standard InChI is InChI=1S/C34H53N3O4/c1-23(2)41-31(39)26-12-10-25(11-13-26)28(16-17-32(4,5)6)37-30(38)29(36-20-21-40-22-24(36)3)35-34(37)18-14-27(15-19-34)33(7,8)9/h10-13,23-24,27-28H,14-22H2,1-9H3/t24?,27?,28-,34?/m1/s1. The molecule has 1 amide bonds. The molecular weight excluding hydrogens is 514 g/mol. The molecule has 0 aromatic heterocycles. The Labute approximate surface area is 248 Å². The van der Waals surface area contributed by atoms with E-state index in [1.807, 2.05) is 38.1 Å². The number of amidine groups is 1. The topological polar surface area (TPSA) is 71.4 Å². The summed E-state index contributed by atoms with van der Waals surface area (Å²) in [5, 5.41) is 0. The van der Waals surface area contributed by atoms with E-state index < -0.39 is 5.66 Å². The Morgan fingerprint density at radius 1 is 1.10 bits per heavy atom. The van der Waals surface area contributed by atoms with Crippen LogP contribution in [0.15, 0.2) is 29.3 Å². The monoisotopic (exact) mass is 567 g/mol. The molecule has 2 aliphatic heterocycles. The molecule has 0 bridgehead atoms. The number of benzene rings is 1. The molecule has 228 valence electrons. The highest BCUT2D eigenvalue weighted by Crippen LogP contribution is 2.50. The van der Waals surface area contributed by atoms with Crippen molar-refractivity contribution < 1.29 is 19.1 Å². The van der Waals surface area contributed by atoms with Crippen LogP contribution in [0.2, 0.25) is 0 Å². The Balaban J connectivity index is 1.74. The zero-order chi connectivity index (χ0) is 30.2. The molecule has 3 aliphatic rings. The second-order valence-electron chi connectivity index (χ2n) is 15.0. The first-order valence-corrected chi connectivity index (χ1v) is 15.7. The number of amides is 1. The molecule has 1 unspecified atom stereocenters. The number of ether oxygens (including phenoxy) is 2. The highest BCUT2D eigenvalue weighted by molar-refractivity contribution is 6.39. The highest BCUT2D eigenvalue weighted by Gasteiger charge is 2.54. The number of hydrogen-bond acceptors (Lipinski definition) is 6. The Morgan fingerprint density at radius 2 is 1.73 bits per heavy atom. The minimum absolute atomic E-state index is 0.0372. The molecule has 41 heavy (non-hydrogen) atoms. The van der Waals surface area contributed by atoms with Crippen molar-refractivity contribution in [1.82, 2.24) is 9.80 Å². The summed E-state index contributed by atoms with van der Waals surface area (Å²) >= 11 is 0. The van der Waals surface area contributed by atoms with Crippen molar-refractivity contribution in [3.8, 4) is 0 Å². The number of hydrogen-bond donors (Lipinski definition) is 0. The summed E-state index contributed by atoms with van der Waals surface area (Å²) in [4.78, 5) is 36.9. The molecule has 0 N–H and O–H groups in total. The third kappa shape index (κ3) is 7.15. The van der Waals surface area contributed by atoms with Crippen LogP contribution >= 0.6 is 0 Å². The first-order chi connectivity index (χ1) is 19.1. The normalized spacial score (nSPS) is 26.5. The molecule has 7 heteroatoms. The second kappa shape index (κ2) is 12.1. The fourth-order valence-corrected chi connectivity index (χ4v) is 6.69. The summed E-state index contributed by atoms with van der Waals surface area (Å²) in [6.45, 7) is 21.5. The van der Waals surface area contributed by atoms with Crippen molar-refractivity contribution in [2.45, 2.75) is 125 Å². The van der Waals surface area contributed by atoms with E-state index in [2.05, 4.69) is 58.3 Å². The predicted molar refractivity (Wildman–Crippen MR) is 164 cm³/mol. The average Bonchev–Trinajstić information content (AvgIpc) is 3.15. The summed E-state index contributed by atoms with van der Waals surface area (Å²) in [5.41, 5.74) is 1.37. The van der Waals surface area contributed by atoms with Gasteiger partial charge in [0.25, 0.3) is 5.91 Å². The van der Waals surface area contributed by atoms with Crippen molar-refractivity contribution in [1.29, 1.82) is 0 Å². The maximum Gasteiger partial charge on any atom is 0.338 e. The molecule has 1 saturated carbocycles. The van der Waals surface area contributed by atoms with Gasteiger partial charge in [0.2, 0.25) is 0 Å². The number of rotatable bonds is 6. The smallest absolute Gasteiger partial charge is 0.338 e. The van der Waals surface area contributed by atoms with Crippen molar-refractivity contribution >= 4 is 17.7 Å². The van der Waals surface area contributed by atoms with Crippen LogP contribution in [0.4, 0.5) is 0 Å². The molecule has 4 rings (SSSR count). The van der Waals surface area contributed by atoms with Gasteiger partial charge in [0.05, 0.1) is 37.0 Å². The van der Waals surface area contributed by atoms with Crippen LogP contribution in [0.3, 0.4) is 0 Å². The third-order valence-corrected chi connectivity index (χ3v) is 9.18. The van der Waals surface area contributed by atoms with Gasteiger partial charge < -0.3 is 19.3 Å². The molecule has 1 aromatic carbocycles. The third-order valence-electron chi connectivity index (χ3n) is 9.18. The van der Waals surface area contributed by atoms with Crippen molar-refractivity contribution in [3.63, 3.8) is 0 Å². The van der Waals surface area contributed by atoms with Crippen LogP contribution in [0.5, 0.6) is 0 Å². The molecule has 1 spiro atoms. The molecule has 1 saturated heterocycles. The zero-order valence-corrected chi connectivity index (χ0v) is 27.0. The Bertz CT molecular complexity index is 1100. The largest absolute Gasteiger partial charge is 0.459 e. The SMILES string of the molecule is CC(C)OC(=O)c1ccc([C@@H](CCC(C)(C)C)N2C(=O)C(N3CCOCC3C)=NC23CCC(C(C)(C)C)CC3)cc1. The van der Waals surface area contributed by atoms with Gasteiger partial charge in [0.1, 0.15) is 5.66 Å². The fourth-order valence-electron chi connectivity index (χ4n) is 6.69. The lowest BCUT2D eigenvalue weighted by Crippen LogP contribution is -2.54. The molecule has 2 atom stereocenters. The van der Waals surface area contributed by atoms with Crippen LogP contribution in [0.1, 0.15) is 123 Å². The van der Waals surface area contributed by atoms with Gasteiger partial charge in [-0.25, -0.2) is 9.79 Å². The van der Waals surface area contributed by atoms with Gasteiger partial charge in [-0.05, 0) is 93.7 Å². The fraction of sp³-hybridized carbons (Fsp3) is 0.735. The molecule has 1 aromatic rings. The van der Waals surface area contributed by atoms with E-state index in [0.29, 0.717) is 37.1 Å². The number of nitrogens with zero attached hydrogens (tertiary/aromatic N) is 3. The summed E-state index contributed by atoms with van der Waals surface area (Å²) in [7, 11) is 0. The molecule has 1 aliphatic carbocycles. The molecule has 0 radical (unpaired) electrons. The van der Waals surface area contributed by atoms with E-state index in [4.69, 9.17) is 14.5 Å². The van der Waals surface area contributed by atoms with Crippen molar-refractivity contribution in [3.05, 3.63) is 35.4 Å². The second-order valence-corrected chi connectivity index (χ2v) is 15.0. The lowest BCUT2D eigenvalue weighted by Gasteiger charge is -2.47. The number of aliphatic imine (C=N–C) groups is 1. The van der Waals surface area contributed by atoms with Crippen LogP contribution in [0, 0.1) is 16.7 Å². The first-order valence-electron chi connectivity index (χ1n) is 15.7. The quantitative estimate of drug-likeness (QED) is 0.346. The maximum absolute atomic E-state index is 14.6. The number of morpholine rings is 1. The van der Waals surface area contributed by atoms with E-state index in [0.717, 1.165) is 44.1 Å². The van der Waals surface area contributed by atoms with Crippen LogP contribution in [0.25, 0.3) is 0 Å². The van der Waals surface area contributed by atoms with Gasteiger partial charge in [-0.15, -0.1) is 0 Å². The number of carbonyl (C=O) groups excluding carboxylic acids is 2. The summed E-state index contributed by atoms with van der Waals surface area (Å²) in [6.07, 6.45) is 5.45. The highest BCUT2D eigenvalue weighted by atomic mass is 16.5. The van der Waals surface area contributed by atoms with Gasteiger partial charge in [-0.1, -0.05) is 53.7 Å². The van der Waals surface area contributed by atoms with Crippen LogP contribution in [-0.2, 0) is 14.3 Å². The molecule has 7 nitrogen and oxygen atoms in total. The van der Waals surface area contributed by atoms with Crippen molar-refractivity contribution in [2.24, 2.45) is 21.7 Å². The van der Waals surface area contributed by atoms with Gasteiger partial charge in [-0.3, -0.25) is 4.79 Å². The molecule has 2 fully saturated rings. The summed E-state index contributed by atoms with van der Waals surface area (Å²) < 4.78 is 11.1. The lowest BCUT2D eigenvalue weighted by atomic mass is 9.69. The van der Waals surface area contributed by atoms with Gasteiger partial charge in [0, 0.05) is 6.54 Å². The Kier molecular flexibility index (Phi) is 9.28. The summed E-state index contributed by atoms with van der Waals surface area (Å²) in [6, 6.07) is 7.69. The molecule has 2 heterocycles. The van der Waals surface area contributed by atoms with E-state index in [-0.39, 0.29) is 40.9 Å². The van der Waals surface area contributed by atoms with E-state index in [9.17, 15) is 9.59 Å². The minimum Gasteiger partial charge on any atom is -0.459 e.